The molecular formula is C8H9O2+. The summed E-state index contributed by atoms with van der Waals surface area (Å²) >= 11 is 0. The van der Waals surface area contributed by atoms with Gasteiger partial charge >= 0.3 is 6.79 Å². The van der Waals surface area contributed by atoms with E-state index in [1.54, 1.807) is 0 Å². The molecule has 2 heteroatoms. The molecule has 0 aromatic heterocycles. The van der Waals surface area contributed by atoms with Crippen molar-refractivity contribution < 1.29 is 9.47 Å². The highest BCUT2D eigenvalue weighted by Crippen LogP contribution is 2.32. The van der Waals surface area contributed by atoms with Crippen LogP contribution in [-0.4, -0.2) is 11.5 Å². The molecule has 2 nitrogen and oxygen atoms in total. The Morgan fingerprint density at radius 3 is 3.30 bits per heavy atom. The minimum absolute atomic E-state index is 0.485. The molecule has 0 saturated carbocycles. The predicted molar refractivity (Wildman–Crippen MR) is 38.3 cm³/mol. The van der Waals surface area contributed by atoms with Crippen molar-refractivity contribution in [1.29, 1.82) is 0 Å². The summed E-state index contributed by atoms with van der Waals surface area (Å²) in [6.07, 6.45) is 0. The van der Waals surface area contributed by atoms with Crippen LogP contribution in [0.4, 0.5) is 0 Å². The largest absolute Gasteiger partial charge is 0.551 e. The molecule has 0 atom stereocenters. The molecule has 1 aromatic rings. The maximum atomic E-state index is 5.21. The highest BCUT2D eigenvalue weighted by atomic mass is 16.7. The van der Waals surface area contributed by atoms with Crippen molar-refractivity contribution in [2.75, 3.05) is 6.79 Å². The van der Waals surface area contributed by atoms with Crippen molar-refractivity contribution >= 4 is 0 Å². The lowest BCUT2D eigenvalue weighted by Gasteiger charge is -1.91. The minimum atomic E-state index is 0.485. The molecule has 0 aliphatic carbocycles. The third-order valence-corrected chi connectivity index (χ3v) is 1.57. The highest BCUT2D eigenvalue weighted by Gasteiger charge is 2.16. The van der Waals surface area contributed by atoms with E-state index < -0.39 is 0 Å². The topological polar surface area (TPSA) is 22.0 Å². The number of aromatic hydroxyl groups is 1. The predicted octanol–water partition coefficient (Wildman–Crippen LogP) is 1.59. The van der Waals surface area contributed by atoms with Crippen molar-refractivity contribution in [2.24, 2.45) is 0 Å². The number of aryl methyl sites for hydroxylation is 1. The van der Waals surface area contributed by atoms with Gasteiger partial charge in [0.1, 0.15) is 0 Å². The Kier molecular flexibility index (Phi) is 1.07. The van der Waals surface area contributed by atoms with Gasteiger partial charge < -0.3 is 9.47 Å². The SMILES string of the molecule is Cc1ccc2c(c1)OC[OH+]2. The number of ether oxygens (including phenoxy) is 2. The number of hydrogen-bond acceptors (Lipinski definition) is 1. The van der Waals surface area contributed by atoms with E-state index in [2.05, 4.69) is 4.74 Å². The molecule has 2 rings (SSSR count). The van der Waals surface area contributed by atoms with Crippen LogP contribution in [0.5, 0.6) is 11.5 Å². The molecule has 0 unspecified atom stereocenters. The molecule has 1 aliphatic heterocycles. The Labute approximate surface area is 59.4 Å². The molecule has 1 aromatic carbocycles. The van der Waals surface area contributed by atoms with Crippen molar-refractivity contribution in [3.05, 3.63) is 23.8 Å². The van der Waals surface area contributed by atoms with Crippen LogP contribution in [0.15, 0.2) is 18.2 Å². The van der Waals surface area contributed by atoms with Gasteiger partial charge in [0.2, 0.25) is 5.75 Å². The Morgan fingerprint density at radius 1 is 1.50 bits per heavy atom. The molecule has 1 N–H and O–H groups in total. The van der Waals surface area contributed by atoms with Crippen LogP contribution in [0, 0.1) is 6.92 Å². The first-order valence-electron chi connectivity index (χ1n) is 3.27. The Balaban J connectivity index is 2.52. The zero-order valence-corrected chi connectivity index (χ0v) is 5.79. The number of hydrogen-bond donors (Lipinski definition) is 0. The van der Waals surface area contributed by atoms with Crippen LogP contribution in [0.1, 0.15) is 5.56 Å². The Hall–Kier alpha value is -1.18. The average molecular weight is 137 g/mol. The van der Waals surface area contributed by atoms with E-state index in [1.807, 2.05) is 25.1 Å². The van der Waals surface area contributed by atoms with Crippen LogP contribution in [0.3, 0.4) is 0 Å². The second-order valence-electron chi connectivity index (χ2n) is 2.40. The Morgan fingerprint density at radius 2 is 2.40 bits per heavy atom. The normalized spacial score (nSPS) is 13.7. The van der Waals surface area contributed by atoms with Crippen LogP contribution in [0.25, 0.3) is 0 Å². The maximum Gasteiger partial charge on any atom is 0.327 e. The summed E-state index contributed by atoms with van der Waals surface area (Å²) < 4.78 is 9.33. The van der Waals surface area contributed by atoms with Gasteiger partial charge in [0.25, 0.3) is 5.75 Å². The third kappa shape index (κ3) is 0.727. The fraction of sp³-hybridized carbons (Fsp3) is 0.250. The van der Waals surface area contributed by atoms with Gasteiger partial charge in [-0.2, -0.15) is 0 Å². The van der Waals surface area contributed by atoms with Gasteiger partial charge in [0.15, 0.2) is 0 Å². The zero-order chi connectivity index (χ0) is 6.97. The van der Waals surface area contributed by atoms with Gasteiger partial charge in [-0.25, -0.2) is 0 Å². The summed E-state index contributed by atoms with van der Waals surface area (Å²) in [5, 5.41) is 0. The molecule has 52 valence electrons. The smallest absolute Gasteiger partial charge is 0.327 e. The number of rotatable bonds is 0. The van der Waals surface area contributed by atoms with Gasteiger partial charge in [0.05, 0.1) is 0 Å². The molecule has 0 spiro atoms. The molecule has 0 fully saturated rings. The first-order valence-corrected chi connectivity index (χ1v) is 3.27. The average Bonchev–Trinajstić information content (AvgIpc) is 2.33. The second-order valence-corrected chi connectivity index (χ2v) is 2.40. The van der Waals surface area contributed by atoms with Crippen molar-refractivity contribution in [3.63, 3.8) is 0 Å². The van der Waals surface area contributed by atoms with E-state index in [0.29, 0.717) is 6.79 Å². The molecular weight excluding hydrogens is 128 g/mol. The maximum absolute atomic E-state index is 5.21. The van der Waals surface area contributed by atoms with E-state index in [4.69, 9.17) is 4.74 Å². The minimum Gasteiger partial charge on any atom is -0.551 e. The molecule has 0 bridgehead atoms. The van der Waals surface area contributed by atoms with Crippen molar-refractivity contribution in [1.82, 2.24) is 0 Å². The second kappa shape index (κ2) is 1.90. The summed E-state index contributed by atoms with van der Waals surface area (Å²) in [7, 11) is 0. The molecule has 10 heavy (non-hydrogen) atoms. The van der Waals surface area contributed by atoms with Gasteiger partial charge in [-0.1, -0.05) is 0 Å². The summed E-state index contributed by atoms with van der Waals surface area (Å²) in [6, 6.07) is 6.03. The van der Waals surface area contributed by atoms with Crippen LogP contribution < -0.4 is 4.74 Å². The van der Waals surface area contributed by atoms with Crippen LogP contribution in [-0.2, 0) is 0 Å². The lowest BCUT2D eigenvalue weighted by Crippen LogP contribution is -1.89. The first-order chi connectivity index (χ1) is 4.86. The summed E-state index contributed by atoms with van der Waals surface area (Å²) in [5.74, 6) is 1.89. The number of benzene rings is 1. The molecule has 1 heterocycles. The molecule has 0 amide bonds. The van der Waals surface area contributed by atoms with Gasteiger partial charge in [-0.3, -0.25) is 0 Å². The fourth-order valence-corrected chi connectivity index (χ4v) is 1.04. The lowest BCUT2D eigenvalue weighted by atomic mass is 10.2. The fourth-order valence-electron chi connectivity index (χ4n) is 1.04. The quantitative estimate of drug-likeness (QED) is 0.497. The highest BCUT2D eigenvalue weighted by molar-refractivity contribution is 5.43. The number of fused-ring (bicyclic) bond motifs is 1. The monoisotopic (exact) mass is 137 g/mol. The summed E-state index contributed by atoms with van der Waals surface area (Å²) in [5.41, 5.74) is 1.22. The van der Waals surface area contributed by atoms with E-state index >= 15 is 0 Å². The van der Waals surface area contributed by atoms with Crippen molar-refractivity contribution in [3.8, 4) is 11.5 Å². The molecule has 1 aliphatic rings. The first kappa shape index (κ1) is 5.59. The van der Waals surface area contributed by atoms with E-state index in [9.17, 15) is 0 Å². The van der Waals surface area contributed by atoms with Gasteiger partial charge in [0, 0.05) is 6.07 Å². The van der Waals surface area contributed by atoms with E-state index in [0.717, 1.165) is 11.5 Å². The van der Waals surface area contributed by atoms with E-state index in [1.165, 1.54) is 5.56 Å². The van der Waals surface area contributed by atoms with Gasteiger partial charge in [-0.05, 0) is 24.6 Å². The summed E-state index contributed by atoms with van der Waals surface area (Å²) in [4.78, 5) is 0. The van der Waals surface area contributed by atoms with Gasteiger partial charge in [-0.15, -0.1) is 0 Å². The molecule has 0 saturated heterocycles. The molecule has 0 radical (unpaired) electrons. The standard InChI is InChI=1S/C8H8O2/c1-6-2-3-7-8(4-6)10-5-9-7/h2-4H,5H2,1H3/p+1. The van der Waals surface area contributed by atoms with Crippen molar-refractivity contribution in [2.45, 2.75) is 6.92 Å². The Bertz CT molecular complexity index is 255. The number of aliphatic hydroxyl groups is 1. The summed E-state index contributed by atoms with van der Waals surface area (Å²) in [6.45, 7) is 2.53. The van der Waals surface area contributed by atoms with Crippen LogP contribution >= 0.6 is 0 Å². The third-order valence-electron chi connectivity index (χ3n) is 1.57. The van der Waals surface area contributed by atoms with E-state index in [-0.39, 0.29) is 0 Å². The zero-order valence-electron chi connectivity index (χ0n) is 5.79. The van der Waals surface area contributed by atoms with Crippen LogP contribution in [0.2, 0.25) is 0 Å². The lowest BCUT2D eigenvalue weighted by molar-refractivity contribution is 0.00265.